The topological polar surface area (TPSA) is 46.3 Å². The van der Waals surface area contributed by atoms with Crippen LogP contribution in [0.25, 0.3) is 0 Å². The Morgan fingerprint density at radius 2 is 2.22 bits per heavy atom. The van der Waals surface area contributed by atoms with E-state index < -0.39 is 0 Å². The Morgan fingerprint density at radius 3 is 3.00 bits per heavy atom. The molecule has 0 atom stereocenters. The molecule has 0 unspecified atom stereocenters. The van der Waals surface area contributed by atoms with Crippen molar-refractivity contribution in [3.63, 3.8) is 0 Å². The largest absolute Gasteiger partial charge is 0.398 e. The van der Waals surface area contributed by atoms with Crippen molar-refractivity contribution < 1.29 is 4.79 Å². The summed E-state index contributed by atoms with van der Waals surface area (Å²) in [6.07, 6.45) is 5.92. The van der Waals surface area contributed by atoms with Crippen LogP contribution in [0, 0.1) is 0 Å². The fourth-order valence-electron chi connectivity index (χ4n) is 2.57. The van der Waals surface area contributed by atoms with E-state index in [9.17, 15) is 4.79 Å². The maximum atomic E-state index is 12.2. The quantitative estimate of drug-likeness (QED) is 0.655. The standard InChI is InChI=1S/C15H22N2O/c1-2-3-4-10-15(18)17-11-6-7-12-13(16)8-5-9-14(12)17/h5,8-9H,2-4,6-7,10-11,16H2,1H3. The van der Waals surface area contributed by atoms with E-state index in [1.807, 2.05) is 23.1 Å². The van der Waals surface area contributed by atoms with Gasteiger partial charge in [-0.1, -0.05) is 25.8 Å². The van der Waals surface area contributed by atoms with Crippen LogP contribution in [0.4, 0.5) is 11.4 Å². The second-order valence-corrected chi connectivity index (χ2v) is 4.95. The summed E-state index contributed by atoms with van der Waals surface area (Å²) in [6, 6.07) is 5.87. The Bertz CT molecular complexity index is 429. The summed E-state index contributed by atoms with van der Waals surface area (Å²) in [7, 11) is 0. The second kappa shape index (κ2) is 5.89. The highest BCUT2D eigenvalue weighted by Crippen LogP contribution is 2.31. The van der Waals surface area contributed by atoms with Gasteiger partial charge in [0.25, 0.3) is 0 Å². The summed E-state index contributed by atoms with van der Waals surface area (Å²) in [5.74, 6) is 0.245. The van der Waals surface area contributed by atoms with E-state index in [-0.39, 0.29) is 5.91 Å². The van der Waals surface area contributed by atoms with Crippen LogP contribution in [0.2, 0.25) is 0 Å². The van der Waals surface area contributed by atoms with Gasteiger partial charge in [-0.05, 0) is 37.0 Å². The normalized spacial score (nSPS) is 14.4. The molecule has 1 aromatic carbocycles. The molecule has 1 amide bonds. The molecule has 18 heavy (non-hydrogen) atoms. The van der Waals surface area contributed by atoms with Crippen LogP contribution in [0.5, 0.6) is 0 Å². The number of nitrogens with zero attached hydrogens (tertiary/aromatic N) is 1. The maximum Gasteiger partial charge on any atom is 0.226 e. The molecule has 0 radical (unpaired) electrons. The molecule has 98 valence electrons. The van der Waals surface area contributed by atoms with Gasteiger partial charge >= 0.3 is 0 Å². The van der Waals surface area contributed by atoms with Gasteiger partial charge < -0.3 is 10.6 Å². The molecular formula is C15H22N2O. The predicted molar refractivity (Wildman–Crippen MR) is 75.7 cm³/mol. The Kier molecular flexibility index (Phi) is 4.24. The Balaban J connectivity index is 2.12. The van der Waals surface area contributed by atoms with Crippen molar-refractivity contribution in [3.05, 3.63) is 23.8 Å². The minimum Gasteiger partial charge on any atom is -0.398 e. The maximum absolute atomic E-state index is 12.2. The van der Waals surface area contributed by atoms with Gasteiger partial charge in [0.15, 0.2) is 0 Å². The number of fused-ring (bicyclic) bond motifs is 1. The van der Waals surface area contributed by atoms with Gasteiger partial charge in [-0.15, -0.1) is 0 Å². The number of amides is 1. The molecule has 2 N–H and O–H groups in total. The lowest BCUT2D eigenvalue weighted by Crippen LogP contribution is -2.35. The van der Waals surface area contributed by atoms with E-state index >= 15 is 0 Å². The van der Waals surface area contributed by atoms with Crippen molar-refractivity contribution in [1.82, 2.24) is 0 Å². The number of nitrogens with two attached hydrogens (primary N) is 1. The summed E-state index contributed by atoms with van der Waals surface area (Å²) >= 11 is 0. The predicted octanol–water partition coefficient (Wildman–Crippen LogP) is 3.13. The van der Waals surface area contributed by atoms with E-state index in [1.54, 1.807) is 0 Å². The van der Waals surface area contributed by atoms with Crippen LogP contribution >= 0.6 is 0 Å². The first-order valence-electron chi connectivity index (χ1n) is 6.91. The fraction of sp³-hybridized carbons (Fsp3) is 0.533. The zero-order chi connectivity index (χ0) is 13.0. The lowest BCUT2D eigenvalue weighted by Gasteiger charge is -2.30. The lowest BCUT2D eigenvalue weighted by molar-refractivity contribution is -0.118. The molecule has 0 saturated heterocycles. The van der Waals surface area contributed by atoms with Crippen LogP contribution in [0.1, 0.15) is 44.6 Å². The smallest absolute Gasteiger partial charge is 0.226 e. The molecule has 0 bridgehead atoms. The Morgan fingerprint density at radius 1 is 1.39 bits per heavy atom. The van der Waals surface area contributed by atoms with Crippen molar-refractivity contribution in [2.75, 3.05) is 17.2 Å². The van der Waals surface area contributed by atoms with Crippen molar-refractivity contribution in [3.8, 4) is 0 Å². The van der Waals surface area contributed by atoms with Gasteiger partial charge in [-0.2, -0.15) is 0 Å². The average molecular weight is 246 g/mol. The number of carbonyl (C=O) groups is 1. The van der Waals surface area contributed by atoms with Crippen LogP contribution in [0.15, 0.2) is 18.2 Å². The number of rotatable bonds is 4. The van der Waals surface area contributed by atoms with E-state index in [1.165, 1.54) is 0 Å². The van der Waals surface area contributed by atoms with Crippen LogP contribution in [-0.4, -0.2) is 12.5 Å². The number of hydrogen-bond donors (Lipinski definition) is 1. The highest BCUT2D eigenvalue weighted by molar-refractivity contribution is 5.95. The third-order valence-corrected chi connectivity index (χ3v) is 3.58. The number of benzene rings is 1. The molecule has 0 aromatic heterocycles. The molecule has 1 aliphatic heterocycles. The first-order chi connectivity index (χ1) is 8.74. The molecular weight excluding hydrogens is 224 g/mol. The summed E-state index contributed by atoms with van der Waals surface area (Å²) in [5, 5.41) is 0. The van der Waals surface area contributed by atoms with Gasteiger partial charge in [0.05, 0.1) is 0 Å². The number of anilines is 2. The van der Waals surface area contributed by atoms with Gasteiger partial charge in [0.2, 0.25) is 5.91 Å². The highest BCUT2D eigenvalue weighted by Gasteiger charge is 2.22. The first-order valence-corrected chi connectivity index (χ1v) is 6.91. The number of nitrogen functional groups attached to an aromatic ring is 1. The van der Waals surface area contributed by atoms with E-state index in [4.69, 9.17) is 5.73 Å². The number of hydrogen-bond acceptors (Lipinski definition) is 2. The molecule has 0 saturated carbocycles. The lowest BCUT2D eigenvalue weighted by atomic mass is 9.99. The Labute approximate surface area is 109 Å². The summed E-state index contributed by atoms with van der Waals surface area (Å²) in [5.41, 5.74) is 8.98. The van der Waals surface area contributed by atoms with Gasteiger partial charge in [0, 0.05) is 24.3 Å². The second-order valence-electron chi connectivity index (χ2n) is 4.95. The molecule has 0 spiro atoms. The zero-order valence-electron chi connectivity index (χ0n) is 11.1. The number of unbranched alkanes of at least 4 members (excludes halogenated alkanes) is 2. The summed E-state index contributed by atoms with van der Waals surface area (Å²) in [6.45, 7) is 2.99. The summed E-state index contributed by atoms with van der Waals surface area (Å²) in [4.78, 5) is 14.2. The minimum atomic E-state index is 0.245. The summed E-state index contributed by atoms with van der Waals surface area (Å²) < 4.78 is 0. The monoisotopic (exact) mass is 246 g/mol. The van der Waals surface area contributed by atoms with E-state index in [0.717, 1.165) is 55.6 Å². The number of carbonyl (C=O) groups excluding carboxylic acids is 1. The molecule has 1 aromatic rings. The van der Waals surface area contributed by atoms with Crippen LogP contribution in [-0.2, 0) is 11.2 Å². The molecule has 0 fully saturated rings. The molecule has 3 heteroatoms. The van der Waals surface area contributed by atoms with Gasteiger partial charge in [-0.3, -0.25) is 4.79 Å². The van der Waals surface area contributed by atoms with Crippen LogP contribution in [0.3, 0.4) is 0 Å². The Hall–Kier alpha value is -1.51. The van der Waals surface area contributed by atoms with Crippen LogP contribution < -0.4 is 10.6 Å². The fourth-order valence-corrected chi connectivity index (χ4v) is 2.57. The highest BCUT2D eigenvalue weighted by atomic mass is 16.2. The molecule has 3 nitrogen and oxygen atoms in total. The van der Waals surface area contributed by atoms with Gasteiger partial charge in [0.1, 0.15) is 0 Å². The van der Waals surface area contributed by atoms with Crippen molar-refractivity contribution in [1.29, 1.82) is 0 Å². The van der Waals surface area contributed by atoms with Crippen molar-refractivity contribution in [2.45, 2.75) is 45.4 Å². The first kappa shape index (κ1) is 12.9. The third kappa shape index (κ3) is 2.66. The third-order valence-electron chi connectivity index (χ3n) is 3.58. The zero-order valence-corrected chi connectivity index (χ0v) is 11.1. The SMILES string of the molecule is CCCCCC(=O)N1CCCc2c(N)cccc21. The van der Waals surface area contributed by atoms with E-state index in [2.05, 4.69) is 6.92 Å². The van der Waals surface area contributed by atoms with E-state index in [0.29, 0.717) is 6.42 Å². The molecule has 2 rings (SSSR count). The molecule has 1 heterocycles. The average Bonchev–Trinajstić information content (AvgIpc) is 2.39. The minimum absolute atomic E-state index is 0.245. The van der Waals surface area contributed by atoms with Crippen molar-refractivity contribution in [2.24, 2.45) is 0 Å². The molecule has 0 aliphatic carbocycles. The van der Waals surface area contributed by atoms with Crippen molar-refractivity contribution >= 4 is 17.3 Å². The van der Waals surface area contributed by atoms with Gasteiger partial charge in [-0.25, -0.2) is 0 Å². The molecule has 1 aliphatic rings.